The summed E-state index contributed by atoms with van der Waals surface area (Å²) in [6.07, 6.45) is 2.15. The molecule has 0 saturated carbocycles. The Labute approximate surface area is 139 Å². The Hall–Kier alpha value is -1.65. The summed E-state index contributed by atoms with van der Waals surface area (Å²) in [5.74, 6) is 0.422. The molecule has 4 heteroatoms. The molecule has 3 rings (SSSR count). The predicted octanol–water partition coefficient (Wildman–Crippen LogP) is 2.64. The Morgan fingerprint density at radius 1 is 1.17 bits per heavy atom. The van der Waals surface area contributed by atoms with Crippen molar-refractivity contribution < 1.29 is 0 Å². The molecular formula is C19H28N4. The lowest BCUT2D eigenvalue weighted by Crippen LogP contribution is -2.29. The number of hydrogen-bond acceptors (Lipinski definition) is 3. The minimum atomic E-state index is 0.0667. The van der Waals surface area contributed by atoms with Crippen molar-refractivity contribution in [3.63, 3.8) is 0 Å². The van der Waals surface area contributed by atoms with Crippen molar-refractivity contribution in [2.75, 3.05) is 13.1 Å². The van der Waals surface area contributed by atoms with Gasteiger partial charge in [0.1, 0.15) is 0 Å². The van der Waals surface area contributed by atoms with Crippen LogP contribution >= 0.6 is 0 Å². The van der Waals surface area contributed by atoms with Gasteiger partial charge in [0.2, 0.25) is 0 Å². The summed E-state index contributed by atoms with van der Waals surface area (Å²) in [5, 5.41) is 4.68. The van der Waals surface area contributed by atoms with Crippen molar-refractivity contribution in [1.82, 2.24) is 14.7 Å². The van der Waals surface area contributed by atoms with Crippen molar-refractivity contribution in [2.45, 2.75) is 44.7 Å². The third kappa shape index (κ3) is 3.48. The second-order valence-electron chi connectivity index (χ2n) is 7.80. The summed E-state index contributed by atoms with van der Waals surface area (Å²) < 4.78 is 1.93. The zero-order valence-electron chi connectivity index (χ0n) is 14.7. The second-order valence-corrected chi connectivity index (χ2v) is 7.80. The van der Waals surface area contributed by atoms with Crippen LogP contribution in [0.25, 0.3) is 0 Å². The van der Waals surface area contributed by atoms with E-state index in [1.54, 1.807) is 0 Å². The smallest absolute Gasteiger partial charge is 0.0722 e. The highest BCUT2D eigenvalue weighted by Gasteiger charge is 2.32. The fourth-order valence-corrected chi connectivity index (χ4v) is 3.62. The van der Waals surface area contributed by atoms with Crippen LogP contribution in [0.2, 0.25) is 0 Å². The van der Waals surface area contributed by atoms with Gasteiger partial charge in [-0.2, -0.15) is 5.10 Å². The first-order valence-electron chi connectivity index (χ1n) is 8.40. The Morgan fingerprint density at radius 3 is 2.52 bits per heavy atom. The first-order chi connectivity index (χ1) is 10.8. The molecule has 1 fully saturated rings. The van der Waals surface area contributed by atoms with Crippen molar-refractivity contribution in [3.05, 3.63) is 53.3 Å². The number of benzene rings is 1. The molecule has 23 heavy (non-hydrogen) atoms. The van der Waals surface area contributed by atoms with Gasteiger partial charge in [0, 0.05) is 55.8 Å². The van der Waals surface area contributed by atoms with E-state index in [1.807, 2.05) is 11.7 Å². The number of rotatable bonds is 3. The molecule has 1 saturated heterocycles. The minimum absolute atomic E-state index is 0.0667. The molecule has 0 radical (unpaired) electrons. The predicted molar refractivity (Wildman–Crippen MR) is 94.3 cm³/mol. The zero-order valence-corrected chi connectivity index (χ0v) is 14.7. The highest BCUT2D eigenvalue weighted by atomic mass is 15.3. The normalized spacial score (nSPS) is 22.7. The Balaban J connectivity index is 1.76. The van der Waals surface area contributed by atoms with E-state index in [0.29, 0.717) is 5.92 Å². The molecule has 1 aromatic carbocycles. The monoisotopic (exact) mass is 312 g/mol. The van der Waals surface area contributed by atoms with Gasteiger partial charge in [0.05, 0.1) is 5.69 Å². The van der Waals surface area contributed by atoms with E-state index in [9.17, 15) is 0 Å². The lowest BCUT2D eigenvalue weighted by atomic mass is 9.89. The van der Waals surface area contributed by atoms with Gasteiger partial charge in [-0.15, -0.1) is 0 Å². The lowest BCUT2D eigenvalue weighted by Gasteiger charge is -2.21. The van der Waals surface area contributed by atoms with Crippen molar-refractivity contribution in [2.24, 2.45) is 12.8 Å². The first-order valence-corrected chi connectivity index (χ1v) is 8.40. The maximum Gasteiger partial charge on any atom is 0.0722 e. The number of hydrogen-bond donors (Lipinski definition) is 1. The van der Waals surface area contributed by atoms with Gasteiger partial charge in [-0.3, -0.25) is 9.58 Å². The molecule has 1 aliphatic rings. The van der Waals surface area contributed by atoms with E-state index in [1.165, 1.54) is 16.8 Å². The van der Waals surface area contributed by atoms with Gasteiger partial charge >= 0.3 is 0 Å². The molecule has 2 heterocycles. The van der Waals surface area contributed by atoms with Gasteiger partial charge in [-0.25, -0.2) is 0 Å². The first kappa shape index (κ1) is 16.2. The van der Waals surface area contributed by atoms with Gasteiger partial charge in [-0.05, 0) is 5.56 Å². The summed E-state index contributed by atoms with van der Waals surface area (Å²) >= 11 is 0. The van der Waals surface area contributed by atoms with Crippen LogP contribution < -0.4 is 5.73 Å². The molecule has 2 atom stereocenters. The summed E-state index contributed by atoms with van der Waals surface area (Å²) in [6, 6.07) is 10.9. The van der Waals surface area contributed by atoms with E-state index < -0.39 is 0 Å². The maximum absolute atomic E-state index is 6.42. The van der Waals surface area contributed by atoms with Crippen LogP contribution in [0, 0.1) is 0 Å². The van der Waals surface area contributed by atoms with E-state index in [-0.39, 0.29) is 11.5 Å². The molecule has 124 valence electrons. The zero-order chi connectivity index (χ0) is 16.6. The summed E-state index contributed by atoms with van der Waals surface area (Å²) in [6.45, 7) is 9.56. The van der Waals surface area contributed by atoms with Crippen LogP contribution in [-0.4, -0.2) is 33.8 Å². The maximum atomic E-state index is 6.42. The minimum Gasteiger partial charge on any atom is -0.326 e. The fourth-order valence-electron chi connectivity index (χ4n) is 3.62. The average Bonchev–Trinajstić information content (AvgIpc) is 3.03. The second kappa shape index (κ2) is 6.10. The third-order valence-electron chi connectivity index (χ3n) is 4.68. The summed E-state index contributed by atoms with van der Waals surface area (Å²) in [7, 11) is 2.00. The molecule has 1 aromatic heterocycles. The number of aromatic nitrogens is 2. The van der Waals surface area contributed by atoms with Crippen molar-refractivity contribution in [1.29, 1.82) is 0 Å². The van der Waals surface area contributed by atoms with Gasteiger partial charge in [0.15, 0.2) is 0 Å². The number of aryl methyl sites for hydroxylation is 1. The number of nitrogens with zero attached hydrogens (tertiary/aromatic N) is 3. The fraction of sp³-hybridized carbons (Fsp3) is 0.526. The van der Waals surface area contributed by atoms with Crippen LogP contribution in [0.15, 0.2) is 36.5 Å². The van der Waals surface area contributed by atoms with Crippen molar-refractivity contribution in [3.8, 4) is 0 Å². The Kier molecular flexibility index (Phi) is 4.30. The van der Waals surface area contributed by atoms with Crippen LogP contribution in [0.1, 0.15) is 43.5 Å². The van der Waals surface area contributed by atoms with Gasteiger partial charge in [0.25, 0.3) is 0 Å². The quantitative estimate of drug-likeness (QED) is 0.948. The van der Waals surface area contributed by atoms with Crippen LogP contribution in [-0.2, 0) is 19.0 Å². The van der Waals surface area contributed by atoms with E-state index in [0.717, 1.165) is 19.6 Å². The van der Waals surface area contributed by atoms with E-state index in [4.69, 9.17) is 5.73 Å². The van der Waals surface area contributed by atoms with E-state index in [2.05, 4.69) is 67.3 Å². The third-order valence-corrected chi connectivity index (χ3v) is 4.68. The molecule has 1 aliphatic heterocycles. The SMILES string of the molecule is Cn1cc(CN2C[C@@H](N)[C@H](c3ccccc3)C2)c(C(C)(C)C)n1. The molecule has 0 aliphatic carbocycles. The van der Waals surface area contributed by atoms with Gasteiger partial charge < -0.3 is 5.73 Å². The molecule has 0 spiro atoms. The molecule has 2 aromatic rings. The molecule has 4 nitrogen and oxygen atoms in total. The highest BCUT2D eigenvalue weighted by molar-refractivity contribution is 5.26. The van der Waals surface area contributed by atoms with E-state index >= 15 is 0 Å². The molecule has 0 amide bonds. The summed E-state index contributed by atoms with van der Waals surface area (Å²) in [4.78, 5) is 2.47. The highest BCUT2D eigenvalue weighted by Crippen LogP contribution is 2.30. The van der Waals surface area contributed by atoms with Gasteiger partial charge in [-0.1, -0.05) is 51.1 Å². The topological polar surface area (TPSA) is 47.1 Å². The van der Waals surface area contributed by atoms with Crippen LogP contribution in [0.4, 0.5) is 0 Å². The average molecular weight is 312 g/mol. The molecular weight excluding hydrogens is 284 g/mol. The Morgan fingerprint density at radius 2 is 1.87 bits per heavy atom. The molecule has 0 bridgehead atoms. The number of likely N-dealkylation sites (tertiary alicyclic amines) is 1. The number of nitrogens with two attached hydrogens (primary N) is 1. The van der Waals surface area contributed by atoms with Crippen LogP contribution in [0.5, 0.6) is 0 Å². The van der Waals surface area contributed by atoms with Crippen LogP contribution in [0.3, 0.4) is 0 Å². The standard InChI is InChI=1S/C19H28N4/c1-19(2,3)18-15(10-22(4)21-18)11-23-12-16(17(20)13-23)14-8-6-5-7-9-14/h5-10,16-17H,11-13,20H2,1-4H3/t16-,17+/m0/s1. The Bertz CT molecular complexity index is 654. The molecule has 2 N–H and O–H groups in total. The summed E-state index contributed by atoms with van der Waals surface area (Å²) in [5.41, 5.74) is 10.4. The lowest BCUT2D eigenvalue weighted by molar-refractivity contribution is 0.320. The largest absolute Gasteiger partial charge is 0.326 e. The van der Waals surface area contributed by atoms with Crippen molar-refractivity contribution >= 4 is 0 Å². The molecule has 0 unspecified atom stereocenters.